The van der Waals surface area contributed by atoms with Crippen molar-refractivity contribution in [1.29, 1.82) is 0 Å². The molecule has 0 bridgehead atoms. The molecule has 0 aliphatic heterocycles. The summed E-state index contributed by atoms with van der Waals surface area (Å²) in [6.07, 6.45) is 0. The number of H-pyrrole nitrogens is 1. The predicted molar refractivity (Wildman–Crippen MR) is 55.3 cm³/mol. The van der Waals surface area contributed by atoms with Gasteiger partial charge in [0.1, 0.15) is 11.0 Å². The van der Waals surface area contributed by atoms with Crippen LogP contribution in [0.2, 0.25) is 5.15 Å². The summed E-state index contributed by atoms with van der Waals surface area (Å²) in [5.74, 6) is -0.403. The van der Waals surface area contributed by atoms with Crippen LogP contribution in [0.5, 0.6) is 0 Å². The highest BCUT2D eigenvalue weighted by molar-refractivity contribution is 6.29. The molecule has 0 spiro atoms. The lowest BCUT2D eigenvalue weighted by Gasteiger charge is -2.00. The third kappa shape index (κ3) is 2.05. The average Bonchev–Trinajstić information content (AvgIpc) is 2.22. The Balaban J connectivity index is 2.63. The van der Waals surface area contributed by atoms with Crippen molar-refractivity contribution in [3.05, 3.63) is 51.7 Å². The van der Waals surface area contributed by atoms with Crippen molar-refractivity contribution in [1.82, 2.24) is 10.2 Å². The minimum Gasteiger partial charge on any atom is -0.267 e. The van der Waals surface area contributed by atoms with Crippen molar-refractivity contribution in [2.75, 3.05) is 0 Å². The minimum atomic E-state index is -0.403. The summed E-state index contributed by atoms with van der Waals surface area (Å²) in [6, 6.07) is 7.12. The normalized spacial score (nSPS) is 10.3. The lowest BCUT2D eigenvalue weighted by molar-refractivity contribution is 0.628. The van der Waals surface area contributed by atoms with E-state index >= 15 is 0 Å². The van der Waals surface area contributed by atoms with Crippen LogP contribution in [-0.4, -0.2) is 10.2 Å². The van der Waals surface area contributed by atoms with Gasteiger partial charge in [-0.3, -0.25) is 4.79 Å². The first-order valence-corrected chi connectivity index (χ1v) is 4.56. The second-order valence-electron chi connectivity index (χ2n) is 2.94. The fraction of sp³-hybridized carbons (Fsp3) is 0. The second kappa shape index (κ2) is 3.82. The van der Waals surface area contributed by atoms with E-state index in [-0.39, 0.29) is 5.15 Å². The van der Waals surface area contributed by atoms with Gasteiger partial charge in [0.2, 0.25) is 0 Å². The van der Waals surface area contributed by atoms with E-state index in [0.29, 0.717) is 11.1 Å². The van der Waals surface area contributed by atoms with E-state index < -0.39 is 11.4 Å². The van der Waals surface area contributed by atoms with E-state index in [0.717, 1.165) is 0 Å². The first kappa shape index (κ1) is 9.86. The summed E-state index contributed by atoms with van der Waals surface area (Å²) in [5, 5.41) is 5.91. The van der Waals surface area contributed by atoms with Crippen LogP contribution in [-0.2, 0) is 0 Å². The standard InChI is InChI=1S/C10H6ClFN2O/c11-9-5-8(10(15)14-13-9)6-2-1-3-7(12)4-6/h1-5H,(H,14,15). The molecular formula is C10H6ClFN2O. The SMILES string of the molecule is O=c1[nH]nc(Cl)cc1-c1cccc(F)c1. The number of benzene rings is 1. The van der Waals surface area contributed by atoms with Crippen LogP contribution in [0.3, 0.4) is 0 Å². The molecule has 0 saturated heterocycles. The topological polar surface area (TPSA) is 45.8 Å². The Morgan fingerprint density at radius 2 is 2.13 bits per heavy atom. The minimum absolute atomic E-state index is 0.161. The van der Waals surface area contributed by atoms with E-state index in [9.17, 15) is 9.18 Å². The highest BCUT2D eigenvalue weighted by Gasteiger charge is 2.05. The molecule has 5 heteroatoms. The largest absolute Gasteiger partial charge is 0.272 e. The van der Waals surface area contributed by atoms with Crippen LogP contribution in [0, 0.1) is 5.82 Å². The number of hydrogen-bond donors (Lipinski definition) is 1. The van der Waals surface area contributed by atoms with E-state index in [1.54, 1.807) is 6.07 Å². The van der Waals surface area contributed by atoms with Crippen molar-refractivity contribution in [2.45, 2.75) is 0 Å². The monoisotopic (exact) mass is 224 g/mol. The van der Waals surface area contributed by atoms with Gasteiger partial charge in [-0.1, -0.05) is 23.7 Å². The summed E-state index contributed by atoms with van der Waals surface area (Å²) in [7, 11) is 0. The van der Waals surface area contributed by atoms with Crippen LogP contribution in [0.15, 0.2) is 35.1 Å². The highest BCUT2D eigenvalue weighted by atomic mass is 35.5. The molecule has 15 heavy (non-hydrogen) atoms. The van der Waals surface area contributed by atoms with E-state index in [1.165, 1.54) is 24.3 Å². The molecule has 1 N–H and O–H groups in total. The molecule has 1 heterocycles. The quantitative estimate of drug-likeness (QED) is 0.808. The lowest BCUT2D eigenvalue weighted by Crippen LogP contribution is -2.10. The zero-order chi connectivity index (χ0) is 10.8. The molecule has 1 aromatic carbocycles. The van der Waals surface area contributed by atoms with Crippen molar-refractivity contribution in [3.8, 4) is 11.1 Å². The number of aromatic amines is 1. The van der Waals surface area contributed by atoms with Crippen LogP contribution >= 0.6 is 11.6 Å². The summed E-state index contributed by atoms with van der Waals surface area (Å²) < 4.78 is 12.9. The van der Waals surface area contributed by atoms with Crippen LogP contribution in [0.4, 0.5) is 4.39 Å². The predicted octanol–water partition coefficient (Wildman–Crippen LogP) is 2.23. The Hall–Kier alpha value is -1.68. The zero-order valence-corrected chi connectivity index (χ0v) is 8.25. The second-order valence-corrected chi connectivity index (χ2v) is 3.33. The smallest absolute Gasteiger partial charge is 0.267 e. The zero-order valence-electron chi connectivity index (χ0n) is 7.50. The van der Waals surface area contributed by atoms with Crippen LogP contribution < -0.4 is 5.56 Å². The summed E-state index contributed by atoms with van der Waals surface area (Å²) >= 11 is 5.63. The highest BCUT2D eigenvalue weighted by Crippen LogP contribution is 2.17. The third-order valence-electron chi connectivity index (χ3n) is 1.91. The fourth-order valence-electron chi connectivity index (χ4n) is 1.25. The van der Waals surface area contributed by atoms with Gasteiger partial charge in [0.25, 0.3) is 5.56 Å². The van der Waals surface area contributed by atoms with Gasteiger partial charge in [-0.05, 0) is 23.8 Å². The van der Waals surface area contributed by atoms with E-state index in [2.05, 4.69) is 10.2 Å². The molecular weight excluding hydrogens is 219 g/mol. The summed E-state index contributed by atoms with van der Waals surface area (Å²) in [5.41, 5.74) is 0.375. The van der Waals surface area contributed by atoms with Gasteiger partial charge < -0.3 is 0 Å². The number of hydrogen-bond acceptors (Lipinski definition) is 2. The average molecular weight is 225 g/mol. The molecule has 3 nitrogen and oxygen atoms in total. The summed E-state index contributed by atoms with van der Waals surface area (Å²) in [6.45, 7) is 0. The van der Waals surface area contributed by atoms with Gasteiger partial charge in [0.05, 0.1) is 5.56 Å². The molecule has 0 atom stereocenters. The Labute approximate surface area is 89.5 Å². The van der Waals surface area contributed by atoms with Crippen molar-refractivity contribution in [2.24, 2.45) is 0 Å². The lowest BCUT2D eigenvalue weighted by atomic mass is 10.1. The van der Waals surface area contributed by atoms with Gasteiger partial charge in [0, 0.05) is 0 Å². The van der Waals surface area contributed by atoms with Crippen molar-refractivity contribution < 1.29 is 4.39 Å². The van der Waals surface area contributed by atoms with Gasteiger partial charge >= 0.3 is 0 Å². The van der Waals surface area contributed by atoms with Crippen molar-refractivity contribution >= 4 is 11.6 Å². The molecule has 0 unspecified atom stereocenters. The number of halogens is 2. The van der Waals surface area contributed by atoms with Crippen LogP contribution in [0.1, 0.15) is 0 Å². The Morgan fingerprint density at radius 1 is 1.33 bits per heavy atom. The maximum absolute atomic E-state index is 12.9. The number of nitrogens with one attached hydrogen (secondary N) is 1. The van der Waals surface area contributed by atoms with Gasteiger partial charge in [-0.25, -0.2) is 9.49 Å². The van der Waals surface area contributed by atoms with Crippen LogP contribution in [0.25, 0.3) is 11.1 Å². The van der Waals surface area contributed by atoms with Gasteiger partial charge in [-0.15, -0.1) is 0 Å². The number of nitrogens with zero attached hydrogens (tertiary/aromatic N) is 1. The number of rotatable bonds is 1. The molecule has 0 aliphatic rings. The first-order chi connectivity index (χ1) is 7.16. The molecule has 0 radical (unpaired) electrons. The Bertz CT molecular complexity index is 553. The first-order valence-electron chi connectivity index (χ1n) is 4.18. The maximum atomic E-state index is 12.9. The van der Waals surface area contributed by atoms with Crippen molar-refractivity contribution in [3.63, 3.8) is 0 Å². The maximum Gasteiger partial charge on any atom is 0.272 e. The molecule has 0 amide bonds. The molecule has 0 saturated carbocycles. The number of aromatic nitrogens is 2. The van der Waals surface area contributed by atoms with Gasteiger partial charge in [-0.2, -0.15) is 5.10 Å². The van der Waals surface area contributed by atoms with Gasteiger partial charge in [0.15, 0.2) is 0 Å². The molecule has 2 rings (SSSR count). The van der Waals surface area contributed by atoms with E-state index in [4.69, 9.17) is 11.6 Å². The molecule has 0 fully saturated rings. The molecule has 2 aromatic rings. The molecule has 1 aromatic heterocycles. The summed E-state index contributed by atoms with van der Waals surface area (Å²) in [4.78, 5) is 11.4. The Morgan fingerprint density at radius 3 is 2.87 bits per heavy atom. The fourth-order valence-corrected chi connectivity index (χ4v) is 1.40. The third-order valence-corrected chi connectivity index (χ3v) is 2.10. The Kier molecular flexibility index (Phi) is 2.51. The molecule has 76 valence electrons. The van der Waals surface area contributed by atoms with E-state index in [1.807, 2.05) is 0 Å². The molecule has 0 aliphatic carbocycles.